The Hall–Kier alpha value is -1.35. The Kier molecular flexibility index (Phi) is 8.47. The summed E-state index contributed by atoms with van der Waals surface area (Å²) in [7, 11) is 0. The summed E-state index contributed by atoms with van der Waals surface area (Å²) in [6.07, 6.45) is 4.36. The van der Waals surface area contributed by atoms with Gasteiger partial charge < -0.3 is 15.4 Å². The number of aliphatic imine (C=N–C) groups is 1. The molecule has 0 aromatic carbocycles. The van der Waals surface area contributed by atoms with Crippen LogP contribution in [-0.4, -0.2) is 24.1 Å². The third-order valence-corrected chi connectivity index (χ3v) is 4.61. The topological polar surface area (TPSA) is 58.5 Å². The zero-order valence-electron chi connectivity index (χ0n) is 14.4. The van der Waals surface area contributed by atoms with Crippen LogP contribution in [0.15, 0.2) is 40.8 Å². The van der Waals surface area contributed by atoms with Crippen LogP contribution in [0, 0.1) is 5.92 Å². The van der Waals surface area contributed by atoms with Crippen molar-refractivity contribution in [2.75, 3.05) is 13.2 Å². The fraction of sp³-hybridized carbons (Fsp3) is 0.444. The van der Waals surface area contributed by atoms with Gasteiger partial charge in [-0.3, -0.25) is 0 Å². The van der Waals surface area contributed by atoms with Crippen molar-refractivity contribution in [3.63, 3.8) is 0 Å². The molecule has 2 aromatic heterocycles. The minimum atomic E-state index is 0. The van der Waals surface area contributed by atoms with Gasteiger partial charge in [0.05, 0.1) is 19.7 Å². The molecule has 2 aromatic rings. The first kappa shape index (κ1) is 20.0. The van der Waals surface area contributed by atoms with Crippen molar-refractivity contribution in [1.82, 2.24) is 15.6 Å². The van der Waals surface area contributed by atoms with Crippen LogP contribution in [0.4, 0.5) is 0 Å². The fourth-order valence-corrected chi connectivity index (χ4v) is 2.86. The van der Waals surface area contributed by atoms with Crippen molar-refractivity contribution in [3.05, 3.63) is 46.3 Å². The zero-order valence-corrected chi connectivity index (χ0v) is 17.6. The van der Waals surface area contributed by atoms with Gasteiger partial charge in [-0.05, 0) is 48.8 Å². The average Bonchev–Trinajstić information content (AvgIpc) is 3.29. The highest BCUT2D eigenvalue weighted by Crippen LogP contribution is 2.29. The lowest BCUT2D eigenvalue weighted by Gasteiger charge is -2.10. The second kappa shape index (κ2) is 10.6. The summed E-state index contributed by atoms with van der Waals surface area (Å²) >= 11 is 1.74. The van der Waals surface area contributed by atoms with Crippen molar-refractivity contribution in [1.29, 1.82) is 0 Å². The molecule has 0 unspecified atom stereocenters. The lowest BCUT2D eigenvalue weighted by Crippen LogP contribution is -2.36. The third-order valence-electron chi connectivity index (χ3n) is 3.74. The van der Waals surface area contributed by atoms with Crippen LogP contribution in [0.3, 0.4) is 0 Å². The maximum atomic E-state index is 5.73. The normalized spacial score (nSPS) is 13.9. The van der Waals surface area contributed by atoms with Gasteiger partial charge in [0.1, 0.15) is 0 Å². The molecule has 25 heavy (non-hydrogen) atoms. The third kappa shape index (κ3) is 7.19. The molecule has 1 aliphatic carbocycles. The average molecular weight is 472 g/mol. The van der Waals surface area contributed by atoms with E-state index in [-0.39, 0.29) is 24.0 Å². The predicted molar refractivity (Wildman–Crippen MR) is 114 cm³/mol. The highest BCUT2D eigenvalue weighted by atomic mass is 127. The lowest BCUT2D eigenvalue weighted by atomic mass is 10.3. The van der Waals surface area contributed by atoms with Gasteiger partial charge in [0.15, 0.2) is 5.96 Å². The Morgan fingerprint density at radius 1 is 1.36 bits per heavy atom. The number of nitrogens with one attached hydrogen (secondary N) is 2. The van der Waals surface area contributed by atoms with Gasteiger partial charge in [-0.2, -0.15) is 0 Å². The number of pyridine rings is 1. The lowest BCUT2D eigenvalue weighted by molar-refractivity contribution is 0.288. The summed E-state index contributed by atoms with van der Waals surface area (Å²) in [5.41, 5.74) is 1.10. The van der Waals surface area contributed by atoms with E-state index in [9.17, 15) is 0 Å². The van der Waals surface area contributed by atoms with Crippen LogP contribution in [0.25, 0.3) is 0 Å². The van der Waals surface area contributed by atoms with Crippen LogP contribution in [-0.2, 0) is 13.1 Å². The number of thiophene rings is 1. The van der Waals surface area contributed by atoms with Crippen molar-refractivity contribution in [3.8, 4) is 5.88 Å². The monoisotopic (exact) mass is 472 g/mol. The molecule has 0 amide bonds. The summed E-state index contributed by atoms with van der Waals surface area (Å²) < 4.78 is 5.73. The van der Waals surface area contributed by atoms with Gasteiger partial charge in [-0.25, -0.2) is 9.98 Å². The van der Waals surface area contributed by atoms with Crippen molar-refractivity contribution in [2.24, 2.45) is 10.9 Å². The molecular formula is C18H25IN4OS. The Labute approximate surface area is 170 Å². The number of hydrogen-bond acceptors (Lipinski definition) is 4. The molecule has 0 radical (unpaired) electrons. The van der Waals surface area contributed by atoms with Crippen LogP contribution in [0.1, 0.15) is 30.2 Å². The number of halogens is 1. The molecule has 2 N–H and O–H groups in total. The standard InChI is InChI=1S/C18H24N4OS.HI/c1-2-19-18(22-12-16-4-3-9-24-16)21-11-15-7-8-20-17(10-15)23-13-14-5-6-14;/h3-4,7-10,14H,2,5-6,11-13H2,1H3,(H2,19,21,22);1H. The van der Waals surface area contributed by atoms with E-state index in [1.165, 1.54) is 17.7 Å². The van der Waals surface area contributed by atoms with E-state index in [4.69, 9.17) is 4.74 Å². The van der Waals surface area contributed by atoms with Crippen LogP contribution in [0.2, 0.25) is 0 Å². The van der Waals surface area contributed by atoms with Gasteiger partial charge in [0, 0.05) is 23.7 Å². The number of guanidine groups is 1. The fourth-order valence-electron chi connectivity index (χ4n) is 2.21. The van der Waals surface area contributed by atoms with E-state index in [1.807, 2.05) is 12.1 Å². The molecule has 1 aliphatic rings. The van der Waals surface area contributed by atoms with Crippen molar-refractivity contribution < 1.29 is 4.74 Å². The Morgan fingerprint density at radius 3 is 2.96 bits per heavy atom. The van der Waals surface area contributed by atoms with E-state index in [2.05, 4.69) is 45.0 Å². The van der Waals surface area contributed by atoms with Gasteiger partial charge >= 0.3 is 0 Å². The highest BCUT2D eigenvalue weighted by molar-refractivity contribution is 14.0. The Morgan fingerprint density at radius 2 is 2.24 bits per heavy atom. The van der Waals surface area contributed by atoms with E-state index in [0.717, 1.165) is 37.1 Å². The maximum Gasteiger partial charge on any atom is 0.213 e. The SMILES string of the molecule is CCNC(=NCc1ccnc(OCC2CC2)c1)NCc1cccs1.I. The minimum Gasteiger partial charge on any atom is -0.477 e. The number of nitrogens with zero attached hydrogens (tertiary/aromatic N) is 2. The molecule has 1 fully saturated rings. The first-order valence-electron chi connectivity index (χ1n) is 8.46. The molecule has 2 heterocycles. The molecule has 136 valence electrons. The van der Waals surface area contributed by atoms with Crippen molar-refractivity contribution in [2.45, 2.75) is 32.9 Å². The molecular weight excluding hydrogens is 447 g/mol. The first-order chi connectivity index (χ1) is 11.8. The van der Waals surface area contributed by atoms with E-state index in [0.29, 0.717) is 12.4 Å². The second-order valence-corrected chi connectivity index (χ2v) is 6.92. The number of ether oxygens (including phenoxy) is 1. The largest absolute Gasteiger partial charge is 0.477 e. The highest BCUT2D eigenvalue weighted by Gasteiger charge is 2.22. The molecule has 0 atom stereocenters. The molecule has 5 nitrogen and oxygen atoms in total. The second-order valence-electron chi connectivity index (χ2n) is 5.88. The van der Waals surface area contributed by atoms with Crippen molar-refractivity contribution >= 4 is 41.3 Å². The molecule has 0 aliphatic heterocycles. The summed E-state index contributed by atoms with van der Waals surface area (Å²) in [5.74, 6) is 2.25. The first-order valence-corrected chi connectivity index (χ1v) is 9.33. The Balaban J connectivity index is 0.00000225. The summed E-state index contributed by atoms with van der Waals surface area (Å²) in [6.45, 7) is 5.07. The number of rotatable bonds is 8. The molecule has 0 saturated heterocycles. The minimum absolute atomic E-state index is 0. The predicted octanol–water partition coefficient (Wildman–Crippen LogP) is 3.81. The van der Waals surface area contributed by atoms with Gasteiger partial charge in [0.25, 0.3) is 0 Å². The van der Waals surface area contributed by atoms with Crippen LogP contribution < -0.4 is 15.4 Å². The maximum absolute atomic E-state index is 5.73. The Bertz CT molecular complexity index is 659. The summed E-state index contributed by atoms with van der Waals surface area (Å²) in [6, 6.07) is 8.14. The van der Waals surface area contributed by atoms with Crippen LogP contribution in [0.5, 0.6) is 5.88 Å². The summed E-state index contributed by atoms with van der Waals surface area (Å²) in [4.78, 5) is 10.2. The van der Waals surface area contributed by atoms with Gasteiger partial charge in [-0.1, -0.05) is 6.07 Å². The molecule has 3 rings (SSSR count). The number of hydrogen-bond donors (Lipinski definition) is 2. The van der Waals surface area contributed by atoms with Crippen LogP contribution >= 0.6 is 35.3 Å². The molecule has 0 bridgehead atoms. The molecule has 0 spiro atoms. The summed E-state index contributed by atoms with van der Waals surface area (Å²) in [5, 5.41) is 8.72. The molecule has 1 saturated carbocycles. The molecule has 7 heteroatoms. The number of aromatic nitrogens is 1. The zero-order chi connectivity index (χ0) is 16.6. The van der Waals surface area contributed by atoms with E-state index in [1.54, 1.807) is 17.5 Å². The van der Waals surface area contributed by atoms with E-state index >= 15 is 0 Å². The van der Waals surface area contributed by atoms with Gasteiger partial charge in [-0.15, -0.1) is 35.3 Å². The van der Waals surface area contributed by atoms with Gasteiger partial charge in [0.2, 0.25) is 5.88 Å². The smallest absolute Gasteiger partial charge is 0.213 e. The quantitative estimate of drug-likeness (QED) is 0.349. The van der Waals surface area contributed by atoms with E-state index < -0.39 is 0 Å².